The van der Waals surface area contributed by atoms with Gasteiger partial charge in [-0.15, -0.1) is 10.8 Å². The molecule has 2 fully saturated rings. The molecule has 2 aliphatic rings. The third-order valence-electron chi connectivity index (χ3n) is 8.52. The second-order valence-corrected chi connectivity index (χ2v) is 14.6. The monoisotopic (exact) mass is 617 g/mol. The third kappa shape index (κ3) is 6.38. The summed E-state index contributed by atoms with van der Waals surface area (Å²) >= 11 is 12.8. The third-order valence-corrected chi connectivity index (χ3v) is 11.0. The van der Waals surface area contributed by atoms with Crippen LogP contribution >= 0.6 is 34.0 Å². The lowest BCUT2D eigenvalue weighted by molar-refractivity contribution is -0.155. The molecule has 0 spiro atoms. The van der Waals surface area contributed by atoms with Crippen molar-refractivity contribution in [3.05, 3.63) is 104 Å². The number of rotatable bonds is 8. The normalized spacial score (nSPS) is 26.2. The highest BCUT2D eigenvalue weighted by atomic mass is 35.5. The predicted octanol–water partition coefficient (Wildman–Crippen LogP) is 7.14. The van der Waals surface area contributed by atoms with Crippen LogP contribution in [0.1, 0.15) is 61.9 Å². The lowest BCUT2D eigenvalue weighted by Gasteiger charge is -2.53. The van der Waals surface area contributed by atoms with Gasteiger partial charge in [0.1, 0.15) is 0 Å². The van der Waals surface area contributed by atoms with Crippen molar-refractivity contribution >= 4 is 39.9 Å². The van der Waals surface area contributed by atoms with Gasteiger partial charge in [0.05, 0.1) is 17.2 Å². The first-order valence-electron chi connectivity index (χ1n) is 14.0. The van der Waals surface area contributed by atoms with E-state index in [0.29, 0.717) is 60.3 Å². The highest BCUT2D eigenvalue weighted by Crippen LogP contribution is 2.53. The fourth-order valence-electron chi connectivity index (χ4n) is 6.53. The molecule has 1 amide bonds. The first-order valence-corrected chi connectivity index (χ1v) is 16.5. The molecule has 10 heteroatoms. The molecule has 0 radical (unpaired) electrons. The maximum absolute atomic E-state index is 14.8. The minimum atomic E-state index is -2.87. The van der Waals surface area contributed by atoms with E-state index in [9.17, 15) is 18.7 Å². The summed E-state index contributed by atoms with van der Waals surface area (Å²) in [5.41, 5.74) is 1.62. The van der Waals surface area contributed by atoms with Crippen LogP contribution in [0.3, 0.4) is 0 Å². The Kier molecular flexibility index (Phi) is 8.90. The summed E-state index contributed by atoms with van der Waals surface area (Å²) < 4.78 is 23.3. The lowest BCUT2D eigenvalue weighted by Crippen LogP contribution is -2.58. The summed E-state index contributed by atoms with van der Waals surface area (Å²) in [7, 11) is -2.87. The minimum Gasteiger partial charge on any atom is -0.330 e. The number of aromatic nitrogens is 1. The van der Waals surface area contributed by atoms with Crippen LogP contribution in [0.4, 0.5) is 0 Å². The quantitative estimate of drug-likeness (QED) is 0.250. The molecule has 3 N–H and O–H groups in total. The van der Waals surface area contributed by atoms with Crippen LogP contribution in [0.5, 0.6) is 0 Å². The van der Waals surface area contributed by atoms with Gasteiger partial charge in [-0.1, -0.05) is 67.4 Å². The fourth-order valence-corrected chi connectivity index (χ4v) is 8.46. The number of benzene rings is 2. The van der Waals surface area contributed by atoms with Crippen LogP contribution in [0, 0.1) is 5.41 Å². The number of halogens is 2. The Bertz CT molecular complexity index is 1450. The van der Waals surface area contributed by atoms with Crippen molar-refractivity contribution in [1.82, 2.24) is 14.2 Å². The van der Waals surface area contributed by atoms with E-state index in [2.05, 4.69) is 11.1 Å². The van der Waals surface area contributed by atoms with Crippen molar-refractivity contribution in [2.45, 2.75) is 57.5 Å². The molecule has 220 valence electrons. The second-order valence-electron chi connectivity index (χ2n) is 11.5. The van der Waals surface area contributed by atoms with E-state index in [1.54, 1.807) is 10.4 Å². The zero-order chi connectivity index (χ0) is 29.4. The average molecular weight is 619 g/mol. The van der Waals surface area contributed by atoms with Crippen molar-refractivity contribution < 1.29 is 13.9 Å². The molecular weight excluding hydrogens is 581 g/mol. The molecule has 3 aromatic rings. The number of piperidine rings is 1. The largest absolute Gasteiger partial charge is 0.330 e. The molecule has 41 heavy (non-hydrogen) atoms. The number of hydrogen-bond acceptors (Lipinski definition) is 5. The van der Waals surface area contributed by atoms with E-state index in [4.69, 9.17) is 23.2 Å². The number of pyridine rings is 1. The van der Waals surface area contributed by atoms with E-state index in [1.807, 2.05) is 67.3 Å². The van der Waals surface area contributed by atoms with Crippen molar-refractivity contribution in [2.75, 3.05) is 18.8 Å². The number of likely N-dealkylation sites (tertiary alicyclic amines) is 1. The van der Waals surface area contributed by atoms with Crippen LogP contribution in [0.15, 0.2) is 71.5 Å². The Balaban J connectivity index is 1.65. The zero-order valence-electron chi connectivity index (χ0n) is 23.3. The van der Waals surface area contributed by atoms with Gasteiger partial charge in [0.25, 0.3) is 0 Å². The standard InChI is InChI=1S/C31H37Cl2N3O4S/c1-3-26(20-35-15-6-16-41(35,39)40)36-29(21-11-13-23(32)14-12-21)27(22-7-4-8-24(33)17-22)19-31(2,30(36)38)18-25-9-5-10-28(37)34-25/h4-5,7-14,17,26-27,29,39-40H,3,6,15-16,18-20H2,1-2H3,(H,34,37)/t26-,27+,29+,31+/m0/s1. The topological polar surface area (TPSA) is 96.9 Å². The van der Waals surface area contributed by atoms with Gasteiger partial charge in [-0.3, -0.25) is 18.7 Å². The van der Waals surface area contributed by atoms with Gasteiger partial charge in [-0.05, 0) is 60.7 Å². The van der Waals surface area contributed by atoms with Crippen LogP contribution in [-0.2, 0) is 11.2 Å². The number of carbonyl (C=O) groups excluding carboxylic acids is 1. The number of aromatic amines is 1. The summed E-state index contributed by atoms with van der Waals surface area (Å²) in [6.45, 7) is 4.94. The first kappa shape index (κ1) is 30.1. The number of nitrogens with one attached hydrogen (secondary N) is 1. The predicted molar refractivity (Wildman–Crippen MR) is 167 cm³/mol. The molecule has 2 aromatic carbocycles. The van der Waals surface area contributed by atoms with E-state index in [-0.39, 0.29) is 29.5 Å². The van der Waals surface area contributed by atoms with E-state index < -0.39 is 16.2 Å². The molecule has 4 atom stereocenters. The fraction of sp³-hybridized carbons (Fsp3) is 0.419. The molecule has 7 nitrogen and oxygen atoms in total. The van der Waals surface area contributed by atoms with E-state index in [0.717, 1.165) is 11.1 Å². The summed E-state index contributed by atoms with van der Waals surface area (Å²) in [5, 5.41) is 1.23. The molecule has 3 heterocycles. The molecule has 1 aromatic heterocycles. The van der Waals surface area contributed by atoms with Crippen LogP contribution < -0.4 is 5.56 Å². The van der Waals surface area contributed by atoms with Gasteiger partial charge in [-0.25, -0.2) is 4.31 Å². The van der Waals surface area contributed by atoms with Gasteiger partial charge in [0.15, 0.2) is 0 Å². The summed E-state index contributed by atoms with van der Waals surface area (Å²) in [5.74, 6) is 0.200. The van der Waals surface area contributed by atoms with Gasteiger partial charge < -0.3 is 9.88 Å². The van der Waals surface area contributed by atoms with Gasteiger partial charge in [0, 0.05) is 53.3 Å². The molecular formula is C31H37Cl2N3O4S. The van der Waals surface area contributed by atoms with E-state index >= 15 is 0 Å². The number of carbonyl (C=O) groups is 1. The first-order chi connectivity index (χ1) is 19.5. The van der Waals surface area contributed by atoms with Crippen molar-refractivity contribution in [3.8, 4) is 0 Å². The number of nitrogens with zero attached hydrogens (tertiary/aromatic N) is 2. The number of H-pyrrole nitrogens is 1. The second kappa shape index (κ2) is 12.1. The summed E-state index contributed by atoms with van der Waals surface area (Å²) in [6, 6.07) is 19.8. The van der Waals surface area contributed by atoms with Crippen molar-refractivity contribution in [2.24, 2.45) is 5.41 Å². The van der Waals surface area contributed by atoms with Crippen molar-refractivity contribution in [1.29, 1.82) is 0 Å². The molecule has 0 saturated carbocycles. The highest BCUT2D eigenvalue weighted by Gasteiger charge is 2.52. The number of amides is 1. The van der Waals surface area contributed by atoms with Gasteiger partial charge in [0.2, 0.25) is 11.5 Å². The molecule has 2 aliphatic heterocycles. The maximum Gasteiger partial charge on any atom is 0.248 e. The molecule has 0 aliphatic carbocycles. The van der Waals surface area contributed by atoms with E-state index in [1.165, 1.54) is 6.07 Å². The van der Waals surface area contributed by atoms with Gasteiger partial charge in [-0.2, -0.15) is 0 Å². The number of hydrogen-bond donors (Lipinski definition) is 3. The molecule has 0 bridgehead atoms. The van der Waals surface area contributed by atoms with Crippen LogP contribution in [0.2, 0.25) is 10.0 Å². The highest BCUT2D eigenvalue weighted by molar-refractivity contribution is 8.22. The summed E-state index contributed by atoms with van der Waals surface area (Å²) in [6.07, 6.45) is 2.22. The zero-order valence-corrected chi connectivity index (χ0v) is 25.6. The Labute approximate surface area is 253 Å². The van der Waals surface area contributed by atoms with Crippen LogP contribution in [0.25, 0.3) is 0 Å². The average Bonchev–Trinajstić information content (AvgIpc) is 3.26. The van der Waals surface area contributed by atoms with Gasteiger partial charge >= 0.3 is 0 Å². The van der Waals surface area contributed by atoms with Crippen LogP contribution in [-0.4, -0.2) is 54.1 Å². The SMILES string of the molecule is CC[C@@H](CN1CCCS1(O)O)N1C(=O)[C@](C)(Cc2cccc(=O)[nH]2)C[C@H](c2cccc(Cl)c2)[C@H]1c1ccc(Cl)cc1. The lowest BCUT2D eigenvalue weighted by atomic mass is 9.66. The Hall–Kier alpha value is -2.33. The Morgan fingerprint density at radius 3 is 2.39 bits per heavy atom. The molecule has 2 saturated heterocycles. The Morgan fingerprint density at radius 1 is 1.02 bits per heavy atom. The van der Waals surface area contributed by atoms with Crippen molar-refractivity contribution in [3.63, 3.8) is 0 Å². The molecule has 0 unspecified atom stereocenters. The molecule has 5 rings (SSSR count). The summed E-state index contributed by atoms with van der Waals surface area (Å²) in [4.78, 5) is 31.9. The maximum atomic E-state index is 14.8. The minimum absolute atomic E-state index is 0.0250. The smallest absolute Gasteiger partial charge is 0.248 e. The Morgan fingerprint density at radius 2 is 1.76 bits per heavy atom.